The zero-order valence-electron chi connectivity index (χ0n) is 11.1. The molecule has 0 atom stereocenters. The molecule has 0 aliphatic heterocycles. The highest BCUT2D eigenvalue weighted by molar-refractivity contribution is 5.78. The Balaban J connectivity index is 2.23. The van der Waals surface area contributed by atoms with Crippen molar-refractivity contribution in [3.8, 4) is 6.07 Å². The monoisotopic (exact) mass is 258 g/mol. The molecular formula is C15H18N2O2. The van der Waals surface area contributed by atoms with Gasteiger partial charge in [0.25, 0.3) is 0 Å². The van der Waals surface area contributed by atoms with Gasteiger partial charge in [-0.3, -0.25) is 4.79 Å². The van der Waals surface area contributed by atoms with E-state index in [1.807, 2.05) is 13.0 Å². The molecular weight excluding hydrogens is 240 g/mol. The molecule has 100 valence electrons. The van der Waals surface area contributed by atoms with Crippen molar-refractivity contribution in [3.05, 3.63) is 47.5 Å². The molecule has 0 heterocycles. The lowest BCUT2D eigenvalue weighted by molar-refractivity contribution is -0.120. The summed E-state index contributed by atoms with van der Waals surface area (Å²) in [5, 5.41) is 11.4. The van der Waals surface area contributed by atoms with Gasteiger partial charge in [0, 0.05) is 6.54 Å². The van der Waals surface area contributed by atoms with Crippen molar-refractivity contribution in [1.82, 2.24) is 5.32 Å². The van der Waals surface area contributed by atoms with Crippen LogP contribution in [0.4, 0.5) is 0 Å². The molecule has 0 aromatic heterocycles. The van der Waals surface area contributed by atoms with Gasteiger partial charge >= 0.3 is 0 Å². The molecule has 0 aliphatic rings. The van der Waals surface area contributed by atoms with Crippen LogP contribution in [0.1, 0.15) is 18.1 Å². The molecule has 0 fully saturated rings. The molecule has 4 heteroatoms. The van der Waals surface area contributed by atoms with Crippen LogP contribution in [-0.4, -0.2) is 25.7 Å². The van der Waals surface area contributed by atoms with E-state index in [0.29, 0.717) is 31.7 Å². The highest BCUT2D eigenvalue weighted by atomic mass is 16.5. The van der Waals surface area contributed by atoms with Crippen molar-refractivity contribution in [2.24, 2.45) is 0 Å². The second kappa shape index (κ2) is 8.06. The maximum absolute atomic E-state index is 11.6. The first-order chi connectivity index (χ1) is 9.11. The predicted molar refractivity (Wildman–Crippen MR) is 73.5 cm³/mol. The minimum absolute atomic E-state index is 0.0522. The summed E-state index contributed by atoms with van der Waals surface area (Å²) >= 11 is 0. The lowest BCUT2D eigenvalue weighted by Gasteiger charge is -2.06. The summed E-state index contributed by atoms with van der Waals surface area (Å²) in [6.07, 6.45) is 0.312. The Bertz CT molecular complexity index is 472. The quantitative estimate of drug-likeness (QED) is 0.599. The van der Waals surface area contributed by atoms with Gasteiger partial charge in [-0.25, -0.2) is 0 Å². The number of ether oxygens (including phenoxy) is 1. The summed E-state index contributed by atoms with van der Waals surface area (Å²) < 4.78 is 5.28. The largest absolute Gasteiger partial charge is 0.375 e. The topological polar surface area (TPSA) is 62.1 Å². The van der Waals surface area contributed by atoms with Crippen LogP contribution in [0, 0.1) is 11.3 Å². The van der Waals surface area contributed by atoms with E-state index >= 15 is 0 Å². The number of carbonyl (C=O) groups excluding carboxylic acids is 1. The first kappa shape index (κ1) is 14.9. The van der Waals surface area contributed by atoms with Crippen LogP contribution in [0.25, 0.3) is 0 Å². The summed E-state index contributed by atoms with van der Waals surface area (Å²) in [5.74, 6) is -0.0522. The SMILES string of the molecule is C=C(C)COCCNC(=O)Cc1ccc(C#N)cc1. The number of hydrogen-bond acceptors (Lipinski definition) is 3. The molecule has 19 heavy (non-hydrogen) atoms. The molecule has 0 saturated carbocycles. The van der Waals surface area contributed by atoms with Crippen molar-refractivity contribution in [3.63, 3.8) is 0 Å². The second-order valence-electron chi connectivity index (χ2n) is 4.35. The zero-order chi connectivity index (χ0) is 14.1. The van der Waals surface area contributed by atoms with Crippen LogP contribution >= 0.6 is 0 Å². The third-order valence-electron chi connectivity index (χ3n) is 2.36. The van der Waals surface area contributed by atoms with Crippen LogP contribution < -0.4 is 5.32 Å². The maximum Gasteiger partial charge on any atom is 0.224 e. The molecule has 1 amide bonds. The summed E-state index contributed by atoms with van der Waals surface area (Å²) in [7, 11) is 0. The minimum atomic E-state index is -0.0522. The summed E-state index contributed by atoms with van der Waals surface area (Å²) in [4.78, 5) is 11.6. The molecule has 0 spiro atoms. The van der Waals surface area contributed by atoms with E-state index in [4.69, 9.17) is 10.00 Å². The minimum Gasteiger partial charge on any atom is -0.375 e. The third-order valence-corrected chi connectivity index (χ3v) is 2.36. The van der Waals surface area contributed by atoms with Crippen LogP contribution in [0.15, 0.2) is 36.4 Å². The van der Waals surface area contributed by atoms with Gasteiger partial charge in [-0.1, -0.05) is 24.3 Å². The van der Waals surface area contributed by atoms with Gasteiger partial charge in [-0.2, -0.15) is 5.26 Å². The fraction of sp³-hybridized carbons (Fsp3) is 0.333. The molecule has 0 radical (unpaired) electrons. The van der Waals surface area contributed by atoms with Crippen molar-refractivity contribution >= 4 is 5.91 Å². The van der Waals surface area contributed by atoms with Crippen LogP contribution in [0.2, 0.25) is 0 Å². The van der Waals surface area contributed by atoms with E-state index in [1.165, 1.54) is 0 Å². The predicted octanol–water partition coefficient (Wildman–Crippen LogP) is 1.81. The smallest absolute Gasteiger partial charge is 0.224 e. The second-order valence-corrected chi connectivity index (χ2v) is 4.35. The van der Waals surface area contributed by atoms with Crippen molar-refractivity contribution in [2.45, 2.75) is 13.3 Å². The Morgan fingerprint density at radius 1 is 1.42 bits per heavy atom. The molecule has 0 unspecified atom stereocenters. The van der Waals surface area contributed by atoms with E-state index in [2.05, 4.69) is 11.9 Å². The van der Waals surface area contributed by atoms with Crippen molar-refractivity contribution in [1.29, 1.82) is 5.26 Å². The first-order valence-electron chi connectivity index (χ1n) is 6.09. The fourth-order valence-electron chi connectivity index (χ4n) is 1.45. The van der Waals surface area contributed by atoms with E-state index in [1.54, 1.807) is 24.3 Å². The molecule has 0 saturated heterocycles. The highest BCUT2D eigenvalue weighted by Crippen LogP contribution is 2.03. The normalized spacial score (nSPS) is 9.68. The lowest BCUT2D eigenvalue weighted by atomic mass is 10.1. The lowest BCUT2D eigenvalue weighted by Crippen LogP contribution is -2.28. The van der Waals surface area contributed by atoms with Gasteiger partial charge in [-0.05, 0) is 24.6 Å². The highest BCUT2D eigenvalue weighted by Gasteiger charge is 2.02. The Kier molecular flexibility index (Phi) is 6.34. The Morgan fingerprint density at radius 2 is 2.11 bits per heavy atom. The number of carbonyl (C=O) groups is 1. The Labute approximate surface area is 113 Å². The molecule has 1 aromatic rings. The molecule has 1 N–H and O–H groups in total. The van der Waals surface area contributed by atoms with Crippen LogP contribution in [0.5, 0.6) is 0 Å². The van der Waals surface area contributed by atoms with Crippen LogP contribution in [0.3, 0.4) is 0 Å². The van der Waals surface area contributed by atoms with Gasteiger partial charge in [0.2, 0.25) is 5.91 Å². The van der Waals surface area contributed by atoms with E-state index in [0.717, 1.165) is 11.1 Å². The van der Waals surface area contributed by atoms with Gasteiger partial charge in [-0.15, -0.1) is 0 Å². The summed E-state index contributed by atoms with van der Waals surface area (Å²) in [6, 6.07) is 9.03. The maximum atomic E-state index is 11.6. The standard InChI is InChI=1S/C15H18N2O2/c1-12(2)11-19-8-7-17-15(18)9-13-3-5-14(10-16)6-4-13/h3-6H,1,7-9,11H2,2H3,(H,17,18). The number of nitrogens with zero attached hydrogens (tertiary/aromatic N) is 1. The number of benzene rings is 1. The Morgan fingerprint density at radius 3 is 2.68 bits per heavy atom. The summed E-state index contributed by atoms with van der Waals surface area (Å²) in [6.45, 7) is 7.10. The Hall–Kier alpha value is -2.12. The van der Waals surface area contributed by atoms with Gasteiger partial charge in [0.05, 0.1) is 31.3 Å². The zero-order valence-corrected chi connectivity index (χ0v) is 11.1. The van der Waals surface area contributed by atoms with Crippen molar-refractivity contribution in [2.75, 3.05) is 19.8 Å². The molecule has 0 bridgehead atoms. The average molecular weight is 258 g/mol. The number of rotatable bonds is 7. The number of nitriles is 1. The van der Waals surface area contributed by atoms with E-state index in [9.17, 15) is 4.79 Å². The van der Waals surface area contributed by atoms with Crippen LogP contribution in [-0.2, 0) is 16.0 Å². The van der Waals surface area contributed by atoms with Gasteiger partial charge in [0.15, 0.2) is 0 Å². The number of hydrogen-bond donors (Lipinski definition) is 1. The molecule has 1 rings (SSSR count). The van der Waals surface area contributed by atoms with Gasteiger partial charge in [0.1, 0.15) is 0 Å². The van der Waals surface area contributed by atoms with E-state index in [-0.39, 0.29) is 5.91 Å². The van der Waals surface area contributed by atoms with E-state index < -0.39 is 0 Å². The molecule has 0 aliphatic carbocycles. The van der Waals surface area contributed by atoms with Crippen molar-refractivity contribution < 1.29 is 9.53 Å². The summed E-state index contributed by atoms with van der Waals surface area (Å²) in [5.41, 5.74) is 2.45. The number of nitrogens with one attached hydrogen (secondary N) is 1. The first-order valence-corrected chi connectivity index (χ1v) is 6.09. The average Bonchev–Trinajstić information content (AvgIpc) is 2.39. The molecule has 1 aromatic carbocycles. The van der Waals surface area contributed by atoms with Gasteiger partial charge < -0.3 is 10.1 Å². The fourth-order valence-corrected chi connectivity index (χ4v) is 1.45. The number of amides is 1. The molecule has 4 nitrogen and oxygen atoms in total. The third kappa shape index (κ3) is 6.39.